The van der Waals surface area contributed by atoms with Crippen molar-refractivity contribution < 1.29 is 9.47 Å². The van der Waals surface area contributed by atoms with Gasteiger partial charge in [0.25, 0.3) is 0 Å². The van der Waals surface area contributed by atoms with Gasteiger partial charge in [-0.15, -0.1) is 0 Å². The van der Waals surface area contributed by atoms with Crippen molar-refractivity contribution in [2.24, 2.45) is 5.73 Å². The number of methoxy groups -OCH3 is 1. The summed E-state index contributed by atoms with van der Waals surface area (Å²) in [5.41, 5.74) is 6.67. The molecule has 0 aliphatic heterocycles. The molecular weight excluding hydrogens is 310 g/mol. The third-order valence-corrected chi connectivity index (χ3v) is 2.99. The van der Waals surface area contributed by atoms with E-state index in [1.54, 1.807) is 13.3 Å². The van der Waals surface area contributed by atoms with Crippen LogP contribution in [0.15, 0.2) is 34.9 Å². The standard InChI is InChI=1S/C13H14BrN3O2/c1-18-12-11(14)8-16-13(17-12)19-10-4-2-9(3-5-10)6-7-15/h2-5,8H,6-7,15H2,1H3. The fraction of sp³-hybridized carbons (Fsp3) is 0.231. The van der Waals surface area contributed by atoms with Crippen LogP contribution in [0.2, 0.25) is 0 Å². The average molecular weight is 324 g/mol. The Morgan fingerprint density at radius 1 is 1.26 bits per heavy atom. The summed E-state index contributed by atoms with van der Waals surface area (Å²) in [7, 11) is 1.54. The van der Waals surface area contributed by atoms with Gasteiger partial charge in [-0.2, -0.15) is 4.98 Å². The Bertz CT molecular complexity index is 546. The Kier molecular flexibility index (Phi) is 4.70. The van der Waals surface area contributed by atoms with Gasteiger partial charge in [0, 0.05) is 0 Å². The second-order valence-corrected chi connectivity index (χ2v) is 4.65. The lowest BCUT2D eigenvalue weighted by atomic mass is 10.1. The number of hydrogen-bond donors (Lipinski definition) is 1. The van der Waals surface area contributed by atoms with Crippen molar-refractivity contribution in [1.82, 2.24) is 9.97 Å². The van der Waals surface area contributed by atoms with E-state index in [9.17, 15) is 0 Å². The quantitative estimate of drug-likeness (QED) is 0.915. The Balaban J connectivity index is 2.12. The Morgan fingerprint density at radius 2 is 2.00 bits per heavy atom. The number of rotatable bonds is 5. The van der Waals surface area contributed by atoms with E-state index in [-0.39, 0.29) is 6.01 Å². The Morgan fingerprint density at radius 3 is 2.63 bits per heavy atom. The smallest absolute Gasteiger partial charge is 0.325 e. The number of ether oxygens (including phenoxy) is 2. The van der Waals surface area contributed by atoms with E-state index in [2.05, 4.69) is 25.9 Å². The van der Waals surface area contributed by atoms with Crippen molar-refractivity contribution in [3.8, 4) is 17.6 Å². The van der Waals surface area contributed by atoms with Gasteiger partial charge in [0.05, 0.1) is 17.8 Å². The van der Waals surface area contributed by atoms with Gasteiger partial charge in [0.15, 0.2) is 0 Å². The minimum Gasteiger partial charge on any atom is -0.480 e. The van der Waals surface area contributed by atoms with E-state index in [1.807, 2.05) is 24.3 Å². The predicted molar refractivity (Wildman–Crippen MR) is 75.6 cm³/mol. The first-order chi connectivity index (χ1) is 9.22. The van der Waals surface area contributed by atoms with Crippen molar-refractivity contribution in [2.75, 3.05) is 13.7 Å². The van der Waals surface area contributed by atoms with Crippen molar-refractivity contribution in [3.05, 3.63) is 40.5 Å². The van der Waals surface area contributed by atoms with Gasteiger partial charge in [-0.25, -0.2) is 4.98 Å². The first-order valence-electron chi connectivity index (χ1n) is 5.76. The van der Waals surface area contributed by atoms with Crippen LogP contribution in [-0.2, 0) is 6.42 Å². The van der Waals surface area contributed by atoms with E-state index >= 15 is 0 Å². The largest absolute Gasteiger partial charge is 0.480 e. The molecule has 2 N–H and O–H groups in total. The van der Waals surface area contributed by atoms with Crippen LogP contribution in [0.1, 0.15) is 5.56 Å². The highest BCUT2D eigenvalue weighted by Gasteiger charge is 2.07. The minimum absolute atomic E-state index is 0.242. The van der Waals surface area contributed by atoms with Gasteiger partial charge in [0.2, 0.25) is 5.88 Å². The molecule has 0 saturated carbocycles. The molecule has 0 amide bonds. The summed E-state index contributed by atoms with van der Waals surface area (Å²) in [5.74, 6) is 1.11. The monoisotopic (exact) mass is 323 g/mol. The number of benzene rings is 1. The second kappa shape index (κ2) is 6.49. The first kappa shape index (κ1) is 13.8. The molecule has 0 spiro atoms. The maximum atomic E-state index is 5.55. The van der Waals surface area contributed by atoms with E-state index in [4.69, 9.17) is 15.2 Å². The molecular formula is C13H14BrN3O2. The highest BCUT2D eigenvalue weighted by Crippen LogP contribution is 2.25. The molecule has 19 heavy (non-hydrogen) atoms. The third kappa shape index (κ3) is 3.65. The molecule has 0 radical (unpaired) electrons. The topological polar surface area (TPSA) is 70.3 Å². The van der Waals surface area contributed by atoms with E-state index in [0.29, 0.717) is 22.6 Å². The average Bonchev–Trinajstić information content (AvgIpc) is 2.43. The van der Waals surface area contributed by atoms with Crippen LogP contribution in [0.4, 0.5) is 0 Å². The normalized spacial score (nSPS) is 10.3. The summed E-state index contributed by atoms with van der Waals surface area (Å²) in [6.07, 6.45) is 2.44. The molecule has 5 nitrogen and oxygen atoms in total. The van der Waals surface area contributed by atoms with Crippen molar-refractivity contribution in [1.29, 1.82) is 0 Å². The lowest BCUT2D eigenvalue weighted by molar-refractivity contribution is 0.373. The summed E-state index contributed by atoms with van der Waals surface area (Å²) in [4.78, 5) is 8.18. The van der Waals surface area contributed by atoms with Gasteiger partial charge < -0.3 is 15.2 Å². The molecule has 0 atom stereocenters. The van der Waals surface area contributed by atoms with Gasteiger partial charge in [0.1, 0.15) is 5.75 Å². The maximum absolute atomic E-state index is 5.55. The van der Waals surface area contributed by atoms with Crippen LogP contribution in [0.25, 0.3) is 0 Å². The predicted octanol–water partition coefficient (Wildman–Crippen LogP) is 2.54. The fourth-order valence-corrected chi connectivity index (χ4v) is 1.88. The van der Waals surface area contributed by atoms with Gasteiger partial charge in [-0.05, 0) is 46.6 Å². The molecule has 1 aromatic heterocycles. The number of nitrogens with two attached hydrogens (primary N) is 1. The summed E-state index contributed by atoms with van der Waals surface area (Å²) in [6, 6.07) is 7.91. The molecule has 6 heteroatoms. The fourth-order valence-electron chi connectivity index (χ4n) is 1.52. The number of halogens is 1. The molecule has 100 valence electrons. The van der Waals surface area contributed by atoms with Gasteiger partial charge in [-0.1, -0.05) is 12.1 Å². The number of hydrogen-bond acceptors (Lipinski definition) is 5. The van der Waals surface area contributed by atoms with E-state index in [0.717, 1.165) is 6.42 Å². The van der Waals surface area contributed by atoms with E-state index < -0.39 is 0 Å². The zero-order chi connectivity index (χ0) is 13.7. The van der Waals surface area contributed by atoms with Gasteiger partial charge >= 0.3 is 6.01 Å². The van der Waals surface area contributed by atoms with Crippen LogP contribution in [0.3, 0.4) is 0 Å². The number of nitrogens with zero attached hydrogens (tertiary/aromatic N) is 2. The summed E-state index contributed by atoms with van der Waals surface area (Å²) in [5, 5.41) is 0. The molecule has 0 saturated heterocycles. The minimum atomic E-state index is 0.242. The zero-order valence-electron chi connectivity index (χ0n) is 10.5. The molecule has 2 aromatic rings. The van der Waals surface area contributed by atoms with E-state index in [1.165, 1.54) is 5.56 Å². The van der Waals surface area contributed by atoms with Crippen LogP contribution in [-0.4, -0.2) is 23.6 Å². The van der Waals surface area contributed by atoms with Crippen molar-refractivity contribution in [2.45, 2.75) is 6.42 Å². The summed E-state index contributed by atoms with van der Waals surface area (Å²) >= 11 is 3.29. The van der Waals surface area contributed by atoms with Gasteiger partial charge in [-0.3, -0.25) is 0 Å². The van der Waals surface area contributed by atoms with Crippen LogP contribution < -0.4 is 15.2 Å². The molecule has 0 unspecified atom stereocenters. The first-order valence-corrected chi connectivity index (χ1v) is 6.55. The van der Waals surface area contributed by atoms with Crippen LogP contribution >= 0.6 is 15.9 Å². The summed E-state index contributed by atoms with van der Waals surface area (Å²) in [6.45, 7) is 0.632. The zero-order valence-corrected chi connectivity index (χ0v) is 12.1. The highest BCUT2D eigenvalue weighted by atomic mass is 79.9. The van der Waals surface area contributed by atoms with Crippen molar-refractivity contribution >= 4 is 15.9 Å². The maximum Gasteiger partial charge on any atom is 0.325 e. The molecule has 0 aliphatic rings. The van der Waals surface area contributed by atoms with Crippen LogP contribution in [0, 0.1) is 0 Å². The Labute approximate surface area is 119 Å². The molecule has 0 bridgehead atoms. The molecule has 1 heterocycles. The molecule has 1 aromatic carbocycles. The van der Waals surface area contributed by atoms with Crippen LogP contribution in [0.5, 0.6) is 17.6 Å². The summed E-state index contributed by atoms with van der Waals surface area (Å²) < 4.78 is 11.3. The van der Waals surface area contributed by atoms with Crippen molar-refractivity contribution in [3.63, 3.8) is 0 Å². The lowest BCUT2D eigenvalue weighted by Gasteiger charge is -2.07. The number of aromatic nitrogens is 2. The molecule has 0 fully saturated rings. The Hall–Kier alpha value is -1.66. The molecule has 2 rings (SSSR count). The highest BCUT2D eigenvalue weighted by molar-refractivity contribution is 9.10. The second-order valence-electron chi connectivity index (χ2n) is 3.79. The third-order valence-electron chi connectivity index (χ3n) is 2.45. The molecule has 0 aliphatic carbocycles. The SMILES string of the molecule is COc1nc(Oc2ccc(CCN)cc2)ncc1Br. The lowest BCUT2D eigenvalue weighted by Crippen LogP contribution is -2.02.